The first-order valence-electron chi connectivity index (χ1n) is 11.5. The van der Waals surface area contributed by atoms with Crippen molar-refractivity contribution in [3.8, 4) is 0 Å². The van der Waals surface area contributed by atoms with Gasteiger partial charge < -0.3 is 29.7 Å². The Hall–Kier alpha value is -2.88. The highest BCUT2D eigenvalue weighted by Crippen LogP contribution is 2.29. The molecule has 0 unspecified atom stereocenters. The molecule has 1 amide bonds. The Morgan fingerprint density at radius 2 is 1.59 bits per heavy atom. The van der Waals surface area contributed by atoms with Crippen molar-refractivity contribution in [3.63, 3.8) is 0 Å². The fourth-order valence-corrected chi connectivity index (χ4v) is 4.37. The molecule has 2 aromatic carbocycles. The second-order valence-corrected chi connectivity index (χ2v) is 9.50. The van der Waals surface area contributed by atoms with Crippen LogP contribution in [0.2, 0.25) is 0 Å². The number of nitrogens with zero attached hydrogens (tertiary/aromatic N) is 1. The third-order valence-electron chi connectivity index (χ3n) is 6.05. The quantitative estimate of drug-likeness (QED) is 0.532. The summed E-state index contributed by atoms with van der Waals surface area (Å²) >= 11 is 5.48. The predicted octanol–water partition coefficient (Wildman–Crippen LogP) is 3.95. The first kappa shape index (κ1) is 24.3. The number of ether oxygens (including phenoxy) is 3. The van der Waals surface area contributed by atoms with Crippen molar-refractivity contribution in [2.24, 2.45) is 0 Å². The molecule has 4 rings (SSSR count). The molecule has 2 aromatic rings. The molecule has 9 heteroatoms. The molecule has 2 heterocycles. The minimum Gasteiger partial charge on any atom is -0.441 e. The zero-order valence-electron chi connectivity index (χ0n) is 19.9. The molecule has 0 radical (unpaired) electrons. The summed E-state index contributed by atoms with van der Waals surface area (Å²) in [4.78, 5) is 14.4. The van der Waals surface area contributed by atoms with Crippen molar-refractivity contribution >= 4 is 40.5 Å². The highest BCUT2D eigenvalue weighted by molar-refractivity contribution is 7.80. The van der Waals surface area contributed by atoms with Crippen LogP contribution >= 0.6 is 12.2 Å². The van der Waals surface area contributed by atoms with Crippen molar-refractivity contribution in [2.75, 3.05) is 42.8 Å². The van der Waals surface area contributed by atoms with E-state index in [9.17, 15) is 4.79 Å². The number of hydrogen-bond donors (Lipinski definition) is 3. The molecule has 3 N–H and O–H groups in total. The lowest BCUT2D eigenvalue weighted by Crippen LogP contribution is -2.46. The lowest BCUT2D eigenvalue weighted by Gasteiger charge is -2.20. The smallest absolute Gasteiger partial charge is 0.412 e. The first-order chi connectivity index (χ1) is 16.3. The molecule has 2 aliphatic heterocycles. The van der Waals surface area contributed by atoms with Crippen LogP contribution in [0.15, 0.2) is 48.5 Å². The third-order valence-corrected chi connectivity index (χ3v) is 6.27. The van der Waals surface area contributed by atoms with Gasteiger partial charge >= 0.3 is 6.09 Å². The third kappa shape index (κ3) is 5.78. The molecule has 0 spiro atoms. The van der Waals surface area contributed by atoms with E-state index in [1.807, 2.05) is 67.5 Å². The molecule has 0 bridgehead atoms. The van der Waals surface area contributed by atoms with Gasteiger partial charge in [0.15, 0.2) is 11.2 Å². The van der Waals surface area contributed by atoms with E-state index < -0.39 is 12.2 Å². The monoisotopic (exact) mass is 484 g/mol. The van der Waals surface area contributed by atoms with E-state index in [0.29, 0.717) is 23.3 Å². The Kier molecular flexibility index (Phi) is 7.55. The maximum Gasteiger partial charge on any atom is 0.412 e. The van der Waals surface area contributed by atoms with E-state index in [4.69, 9.17) is 26.4 Å². The van der Waals surface area contributed by atoms with Crippen molar-refractivity contribution in [1.29, 1.82) is 0 Å². The second-order valence-electron chi connectivity index (χ2n) is 9.09. The summed E-state index contributed by atoms with van der Waals surface area (Å²) in [7, 11) is 3.99. The van der Waals surface area contributed by atoms with Gasteiger partial charge in [0.1, 0.15) is 12.2 Å². The number of amides is 1. The predicted molar refractivity (Wildman–Crippen MR) is 138 cm³/mol. The number of nitrogens with one attached hydrogen (secondary N) is 3. The minimum absolute atomic E-state index is 0.133. The first-order valence-corrected chi connectivity index (χ1v) is 11.9. The van der Waals surface area contributed by atoms with Crippen LogP contribution in [-0.4, -0.2) is 62.9 Å². The van der Waals surface area contributed by atoms with E-state index in [0.717, 1.165) is 11.4 Å². The molecule has 4 atom stereocenters. The summed E-state index contributed by atoms with van der Waals surface area (Å²) in [6.45, 7) is 4.94. The SMILES string of the molecule is CC(C)c1ccc(NC(=O)O[C@H]2CO[C@@H]3[C@@H]2OC[C@@H]3NC(=S)Nc2ccc(N(C)C)cc2)cc1. The fourth-order valence-electron chi connectivity index (χ4n) is 4.10. The zero-order chi connectivity index (χ0) is 24.2. The molecule has 8 nitrogen and oxygen atoms in total. The molecular weight excluding hydrogens is 452 g/mol. The molecule has 2 fully saturated rings. The van der Waals surface area contributed by atoms with Crippen LogP contribution in [0, 0.1) is 0 Å². The Labute approximate surface area is 205 Å². The lowest BCUT2D eigenvalue weighted by molar-refractivity contribution is 0.00880. The fraction of sp³-hybridized carbons (Fsp3) is 0.440. The largest absolute Gasteiger partial charge is 0.441 e. The normalized spacial score (nSPS) is 23.3. The average Bonchev–Trinajstić information content (AvgIpc) is 3.38. The number of anilines is 3. The summed E-state index contributed by atoms with van der Waals surface area (Å²) in [5, 5.41) is 9.72. The summed E-state index contributed by atoms with van der Waals surface area (Å²) in [5.74, 6) is 0.432. The van der Waals surface area contributed by atoms with E-state index in [1.54, 1.807) is 0 Å². The molecule has 182 valence electrons. The Morgan fingerprint density at radius 3 is 2.24 bits per heavy atom. The molecule has 0 aliphatic carbocycles. The summed E-state index contributed by atoms with van der Waals surface area (Å²) in [6.07, 6.45) is -1.59. The van der Waals surface area contributed by atoms with E-state index >= 15 is 0 Å². The number of thiocarbonyl (C=S) groups is 1. The van der Waals surface area contributed by atoms with E-state index in [2.05, 4.69) is 29.8 Å². The number of carbonyl (C=O) groups is 1. The average molecular weight is 485 g/mol. The number of carbonyl (C=O) groups excluding carboxylic acids is 1. The van der Waals surface area contributed by atoms with Gasteiger partial charge in [0, 0.05) is 31.2 Å². The summed E-state index contributed by atoms with van der Waals surface area (Å²) in [5.41, 5.74) is 3.90. The van der Waals surface area contributed by atoms with Crippen LogP contribution in [0.3, 0.4) is 0 Å². The molecule has 2 saturated heterocycles. The van der Waals surface area contributed by atoms with Crippen molar-refractivity contribution < 1.29 is 19.0 Å². The van der Waals surface area contributed by atoms with Gasteiger partial charge in [-0.15, -0.1) is 0 Å². The maximum absolute atomic E-state index is 12.4. The van der Waals surface area contributed by atoms with Gasteiger partial charge in [-0.05, 0) is 60.1 Å². The van der Waals surface area contributed by atoms with Crippen LogP contribution < -0.4 is 20.9 Å². The van der Waals surface area contributed by atoms with E-state index in [-0.39, 0.29) is 24.9 Å². The van der Waals surface area contributed by atoms with Crippen LogP contribution in [0.5, 0.6) is 0 Å². The summed E-state index contributed by atoms with van der Waals surface area (Å²) in [6, 6.07) is 15.6. The van der Waals surface area contributed by atoms with Crippen LogP contribution in [0.1, 0.15) is 25.3 Å². The molecular formula is C25H32N4O4S. The Balaban J connectivity index is 1.25. The summed E-state index contributed by atoms with van der Waals surface area (Å²) < 4.78 is 17.4. The van der Waals surface area contributed by atoms with Crippen molar-refractivity contribution in [2.45, 2.75) is 44.1 Å². The number of fused-ring (bicyclic) bond motifs is 1. The topological polar surface area (TPSA) is 84.1 Å². The van der Waals surface area contributed by atoms with E-state index in [1.165, 1.54) is 5.56 Å². The number of benzene rings is 2. The standard InChI is InChI=1S/C25H32N4O4S/c1-15(2)16-5-7-18(8-6-16)27-25(30)33-21-14-32-22-20(13-31-23(21)22)28-24(34)26-17-9-11-19(12-10-17)29(3)4/h5-12,15,20-23H,13-14H2,1-4H3,(H,27,30)(H2,26,28,34)/t20-,21-,22-,23+/m0/s1. The van der Waals surface area contributed by atoms with Crippen LogP contribution in [0.4, 0.5) is 21.9 Å². The molecule has 2 aliphatic rings. The van der Waals surface area contributed by atoms with Crippen LogP contribution in [-0.2, 0) is 14.2 Å². The Bertz CT molecular complexity index is 915. The van der Waals surface area contributed by atoms with Crippen molar-refractivity contribution in [1.82, 2.24) is 5.32 Å². The van der Waals surface area contributed by atoms with Gasteiger partial charge in [0.2, 0.25) is 0 Å². The minimum atomic E-state index is -0.523. The van der Waals surface area contributed by atoms with Crippen molar-refractivity contribution in [3.05, 3.63) is 54.1 Å². The highest BCUT2D eigenvalue weighted by atomic mass is 32.1. The zero-order valence-corrected chi connectivity index (χ0v) is 20.7. The molecule has 0 aromatic heterocycles. The highest BCUT2D eigenvalue weighted by Gasteiger charge is 2.49. The van der Waals surface area contributed by atoms with Gasteiger partial charge in [-0.2, -0.15) is 0 Å². The second kappa shape index (κ2) is 10.6. The Morgan fingerprint density at radius 1 is 0.971 bits per heavy atom. The number of hydrogen-bond acceptors (Lipinski definition) is 6. The van der Waals surface area contributed by atoms with Gasteiger partial charge in [0.05, 0.1) is 19.3 Å². The number of rotatable bonds is 6. The molecule has 0 saturated carbocycles. The van der Waals surface area contributed by atoms with Gasteiger partial charge in [-0.1, -0.05) is 26.0 Å². The van der Waals surface area contributed by atoms with Gasteiger partial charge in [0.25, 0.3) is 0 Å². The molecule has 34 heavy (non-hydrogen) atoms. The maximum atomic E-state index is 12.4. The van der Waals surface area contributed by atoms with Gasteiger partial charge in [-0.3, -0.25) is 5.32 Å². The van der Waals surface area contributed by atoms with Crippen LogP contribution in [0.25, 0.3) is 0 Å². The lowest BCUT2D eigenvalue weighted by atomic mass is 10.0. The van der Waals surface area contributed by atoms with Gasteiger partial charge in [-0.25, -0.2) is 4.79 Å².